The molecule has 2 aromatic heterocycles. The van der Waals surface area contributed by atoms with Crippen LogP contribution < -0.4 is 5.73 Å². The number of hydrogen-bond acceptors (Lipinski definition) is 4. The van der Waals surface area contributed by atoms with Gasteiger partial charge in [0.15, 0.2) is 5.65 Å². The van der Waals surface area contributed by atoms with Crippen molar-refractivity contribution in [2.45, 2.75) is 13.3 Å². The Hall–Kier alpha value is -2.14. The Morgan fingerprint density at radius 2 is 2.32 bits per heavy atom. The van der Waals surface area contributed by atoms with E-state index in [0.717, 1.165) is 16.7 Å². The van der Waals surface area contributed by atoms with Gasteiger partial charge in [0.05, 0.1) is 11.1 Å². The van der Waals surface area contributed by atoms with Crippen LogP contribution in [0.2, 0.25) is 0 Å². The normalized spacial score (nSPS) is 12.9. The summed E-state index contributed by atoms with van der Waals surface area (Å²) in [7, 11) is 0. The van der Waals surface area contributed by atoms with Crippen LogP contribution in [0.25, 0.3) is 11.0 Å². The number of hydrogen-bond donors (Lipinski definition) is 2. The molecule has 6 heteroatoms. The van der Waals surface area contributed by atoms with Crippen LogP contribution in [-0.4, -0.2) is 20.2 Å². The van der Waals surface area contributed by atoms with Gasteiger partial charge in [0.2, 0.25) is 0 Å². The van der Waals surface area contributed by atoms with Crippen LogP contribution >= 0.6 is 11.6 Å². The summed E-state index contributed by atoms with van der Waals surface area (Å²) in [5, 5.41) is 8.45. The van der Waals surface area contributed by atoms with Gasteiger partial charge < -0.3 is 5.73 Å². The quantitative estimate of drug-likeness (QED) is 0.841. The number of fused-ring (bicyclic) bond motifs is 1. The highest BCUT2D eigenvalue weighted by atomic mass is 35.5. The van der Waals surface area contributed by atoms with Gasteiger partial charge in [0, 0.05) is 11.5 Å². The lowest BCUT2D eigenvalue weighted by molar-refractivity contribution is 1.00. The van der Waals surface area contributed by atoms with Crippen LogP contribution in [0, 0.1) is 0 Å². The van der Waals surface area contributed by atoms with Crippen LogP contribution in [0.15, 0.2) is 41.7 Å². The number of rotatable bonds is 4. The van der Waals surface area contributed by atoms with E-state index < -0.39 is 0 Å². The van der Waals surface area contributed by atoms with E-state index in [1.165, 1.54) is 6.33 Å². The SMILES string of the molecule is C=C/C(=C\C(Cl)=C/C)Cc1n[nH]c2ncnc(N)c12. The fourth-order valence-corrected chi connectivity index (χ4v) is 1.85. The van der Waals surface area contributed by atoms with Crippen molar-refractivity contribution in [1.82, 2.24) is 20.2 Å². The topological polar surface area (TPSA) is 80.5 Å². The zero-order chi connectivity index (χ0) is 13.8. The molecule has 0 bridgehead atoms. The zero-order valence-electron chi connectivity index (χ0n) is 10.5. The minimum Gasteiger partial charge on any atom is -0.383 e. The second kappa shape index (κ2) is 5.67. The molecule has 0 aliphatic carbocycles. The molecular formula is C13H14ClN5. The van der Waals surface area contributed by atoms with Crippen molar-refractivity contribution < 1.29 is 0 Å². The van der Waals surface area contributed by atoms with E-state index in [1.54, 1.807) is 6.08 Å². The first-order valence-electron chi connectivity index (χ1n) is 5.74. The van der Waals surface area contributed by atoms with Gasteiger partial charge >= 0.3 is 0 Å². The van der Waals surface area contributed by atoms with Gasteiger partial charge in [-0.3, -0.25) is 5.10 Å². The summed E-state index contributed by atoms with van der Waals surface area (Å²) in [6.07, 6.45) is 7.36. The lowest BCUT2D eigenvalue weighted by Gasteiger charge is -2.01. The number of nitrogens with one attached hydrogen (secondary N) is 1. The Bertz CT molecular complexity index is 669. The number of aromatic amines is 1. The highest BCUT2D eigenvalue weighted by molar-refractivity contribution is 6.31. The zero-order valence-corrected chi connectivity index (χ0v) is 11.3. The average Bonchev–Trinajstić information content (AvgIpc) is 2.82. The van der Waals surface area contributed by atoms with Gasteiger partial charge in [-0.15, -0.1) is 0 Å². The summed E-state index contributed by atoms with van der Waals surface area (Å²) < 4.78 is 0. The Kier molecular flexibility index (Phi) is 3.97. The standard InChI is InChI=1S/C13H14ClN5/c1-3-8(5-9(14)4-2)6-10-11-12(15)16-7-17-13(11)19-18-10/h3-5,7H,1,6H2,2H3,(H3,15,16,17,18,19)/b8-5+,9-4+. The van der Waals surface area contributed by atoms with Gasteiger partial charge in [-0.25, -0.2) is 9.97 Å². The predicted molar refractivity (Wildman–Crippen MR) is 77.7 cm³/mol. The Morgan fingerprint density at radius 3 is 3.00 bits per heavy atom. The number of halogens is 1. The molecule has 0 fully saturated rings. The van der Waals surface area contributed by atoms with Crippen LogP contribution in [-0.2, 0) is 6.42 Å². The number of nitrogens with two attached hydrogens (primary N) is 1. The number of H-pyrrole nitrogens is 1. The maximum absolute atomic E-state index is 5.99. The molecule has 0 saturated heterocycles. The number of nitrogens with zero attached hydrogens (tertiary/aromatic N) is 3. The van der Waals surface area contributed by atoms with Crippen LogP contribution in [0.1, 0.15) is 12.6 Å². The van der Waals surface area contributed by atoms with Crippen LogP contribution in [0.3, 0.4) is 0 Å². The van der Waals surface area contributed by atoms with E-state index in [9.17, 15) is 0 Å². The number of allylic oxidation sites excluding steroid dienone is 5. The van der Waals surface area contributed by atoms with Crippen molar-refractivity contribution in [3.05, 3.63) is 47.4 Å². The summed E-state index contributed by atoms with van der Waals surface area (Å²) in [6, 6.07) is 0. The first-order chi connectivity index (χ1) is 9.15. The van der Waals surface area contributed by atoms with Crippen molar-refractivity contribution in [3.63, 3.8) is 0 Å². The molecule has 19 heavy (non-hydrogen) atoms. The minimum atomic E-state index is 0.411. The van der Waals surface area contributed by atoms with Crippen molar-refractivity contribution in [1.29, 1.82) is 0 Å². The first kappa shape index (κ1) is 13.3. The molecule has 0 aromatic carbocycles. The van der Waals surface area contributed by atoms with E-state index >= 15 is 0 Å². The summed E-state index contributed by atoms with van der Waals surface area (Å²) in [4.78, 5) is 8.06. The molecule has 0 amide bonds. The highest BCUT2D eigenvalue weighted by Gasteiger charge is 2.11. The van der Waals surface area contributed by atoms with Crippen LogP contribution in [0.4, 0.5) is 5.82 Å². The van der Waals surface area contributed by atoms with Crippen molar-refractivity contribution >= 4 is 28.5 Å². The number of nitrogen functional groups attached to an aromatic ring is 1. The fourth-order valence-electron chi connectivity index (χ4n) is 1.71. The van der Waals surface area contributed by atoms with Gasteiger partial charge in [-0.1, -0.05) is 30.3 Å². The summed E-state index contributed by atoms with van der Waals surface area (Å²) in [5.41, 5.74) is 8.20. The highest BCUT2D eigenvalue weighted by Crippen LogP contribution is 2.22. The third-order valence-electron chi connectivity index (χ3n) is 2.69. The van der Waals surface area contributed by atoms with E-state index in [0.29, 0.717) is 22.9 Å². The fraction of sp³-hybridized carbons (Fsp3) is 0.154. The smallest absolute Gasteiger partial charge is 0.160 e. The summed E-state index contributed by atoms with van der Waals surface area (Å²) >= 11 is 5.99. The molecule has 0 saturated carbocycles. The van der Waals surface area contributed by atoms with Crippen molar-refractivity contribution in [2.75, 3.05) is 5.73 Å². The average molecular weight is 276 g/mol. The lowest BCUT2D eigenvalue weighted by atomic mass is 10.1. The maximum atomic E-state index is 5.99. The Balaban J connectivity index is 2.41. The predicted octanol–water partition coefficient (Wildman–Crippen LogP) is 2.73. The molecule has 0 unspecified atom stereocenters. The third kappa shape index (κ3) is 2.82. The lowest BCUT2D eigenvalue weighted by Crippen LogP contribution is -1.95. The molecule has 2 rings (SSSR count). The van der Waals surface area contributed by atoms with Gasteiger partial charge in [0.25, 0.3) is 0 Å². The van der Waals surface area contributed by atoms with Crippen LogP contribution in [0.5, 0.6) is 0 Å². The van der Waals surface area contributed by atoms with E-state index in [2.05, 4.69) is 26.7 Å². The molecule has 0 radical (unpaired) electrons. The molecule has 0 aliphatic heterocycles. The van der Waals surface area contributed by atoms with Gasteiger partial charge in [0.1, 0.15) is 12.1 Å². The molecule has 0 aliphatic rings. The third-order valence-corrected chi connectivity index (χ3v) is 3.02. The van der Waals surface area contributed by atoms with Gasteiger partial charge in [-0.2, -0.15) is 5.10 Å². The second-order valence-corrected chi connectivity index (χ2v) is 4.36. The minimum absolute atomic E-state index is 0.411. The largest absolute Gasteiger partial charge is 0.383 e. The number of aromatic nitrogens is 4. The molecule has 3 N–H and O–H groups in total. The maximum Gasteiger partial charge on any atom is 0.160 e. The Labute approximate surface area is 115 Å². The Morgan fingerprint density at radius 1 is 1.53 bits per heavy atom. The first-order valence-corrected chi connectivity index (χ1v) is 6.11. The van der Waals surface area contributed by atoms with E-state index in [-0.39, 0.29) is 0 Å². The van der Waals surface area contributed by atoms with Gasteiger partial charge in [-0.05, 0) is 18.6 Å². The molecule has 2 heterocycles. The second-order valence-electron chi connectivity index (χ2n) is 3.93. The summed E-state index contributed by atoms with van der Waals surface area (Å²) in [6.45, 7) is 5.65. The van der Waals surface area contributed by atoms with E-state index in [1.807, 2.05) is 19.1 Å². The van der Waals surface area contributed by atoms with E-state index in [4.69, 9.17) is 17.3 Å². The molecule has 0 spiro atoms. The summed E-state index contributed by atoms with van der Waals surface area (Å²) in [5.74, 6) is 0.411. The molecule has 5 nitrogen and oxygen atoms in total. The van der Waals surface area contributed by atoms with Crippen molar-refractivity contribution in [2.24, 2.45) is 0 Å². The number of anilines is 1. The monoisotopic (exact) mass is 275 g/mol. The van der Waals surface area contributed by atoms with Crippen molar-refractivity contribution in [3.8, 4) is 0 Å². The molecule has 0 atom stereocenters. The molecule has 2 aromatic rings. The molecular weight excluding hydrogens is 262 g/mol. The molecule has 98 valence electrons.